The molecule has 158 valence electrons. The van der Waals surface area contributed by atoms with Crippen molar-refractivity contribution in [2.45, 2.75) is 64.6 Å². The second kappa shape index (κ2) is 9.84. The zero-order valence-corrected chi connectivity index (χ0v) is 17.3. The van der Waals surface area contributed by atoms with E-state index in [2.05, 4.69) is 0 Å². The number of hydrogen-bond donors (Lipinski definition) is 0. The van der Waals surface area contributed by atoms with Crippen molar-refractivity contribution in [3.8, 4) is 0 Å². The van der Waals surface area contributed by atoms with Gasteiger partial charge in [-0.05, 0) is 24.1 Å². The van der Waals surface area contributed by atoms with E-state index in [4.69, 9.17) is 30.5 Å². The van der Waals surface area contributed by atoms with E-state index in [-0.39, 0.29) is 10.6 Å². The maximum absolute atomic E-state index is 11.8. The first-order chi connectivity index (χ1) is 13.7. The zero-order chi connectivity index (χ0) is 21.7. The molecule has 0 spiro atoms. The molecule has 1 heterocycles. The van der Waals surface area contributed by atoms with Gasteiger partial charge in [0.25, 0.3) is 0 Å². The Kier molecular flexibility index (Phi) is 7.75. The lowest BCUT2D eigenvalue weighted by molar-refractivity contribution is -0.249. The number of carbonyl (C=O) groups excluding carboxylic acids is 4. The van der Waals surface area contributed by atoms with Crippen LogP contribution in [0.5, 0.6) is 0 Å². The summed E-state index contributed by atoms with van der Waals surface area (Å²) < 4.78 is 22.3. The number of rotatable bonds is 6. The molecule has 1 aromatic carbocycles. The van der Waals surface area contributed by atoms with Crippen LogP contribution in [-0.4, -0.2) is 48.6 Å². The van der Waals surface area contributed by atoms with Crippen LogP contribution in [0, 0.1) is 0 Å². The van der Waals surface area contributed by atoms with Crippen LogP contribution in [0.2, 0.25) is 5.02 Å². The fourth-order valence-corrected chi connectivity index (χ4v) is 3.48. The van der Waals surface area contributed by atoms with Crippen LogP contribution >= 0.6 is 11.6 Å². The molecule has 2 rings (SSSR count). The van der Waals surface area contributed by atoms with Gasteiger partial charge in [-0.1, -0.05) is 24.6 Å². The van der Waals surface area contributed by atoms with E-state index in [1.807, 2.05) is 6.92 Å². The van der Waals surface area contributed by atoms with Gasteiger partial charge in [0.05, 0.1) is 11.1 Å². The highest BCUT2D eigenvalue weighted by atomic mass is 35.5. The van der Waals surface area contributed by atoms with Gasteiger partial charge in [-0.3, -0.25) is 19.2 Å². The van der Waals surface area contributed by atoms with Crippen molar-refractivity contribution < 1.29 is 38.1 Å². The summed E-state index contributed by atoms with van der Waals surface area (Å²) >= 11 is 6.01. The Morgan fingerprint density at radius 2 is 1.55 bits per heavy atom. The Hall–Kier alpha value is -2.45. The van der Waals surface area contributed by atoms with E-state index in [1.54, 1.807) is 6.07 Å². The molecule has 0 aliphatic carbocycles. The van der Waals surface area contributed by atoms with Crippen LogP contribution < -0.4 is 0 Å². The average Bonchev–Trinajstić information content (AvgIpc) is 2.64. The molecule has 1 aliphatic heterocycles. The molecule has 0 amide bonds. The summed E-state index contributed by atoms with van der Waals surface area (Å²) in [5.41, 5.74) is 0.730. The van der Waals surface area contributed by atoms with Crippen LogP contribution in [0.25, 0.3) is 0 Å². The maximum atomic E-state index is 11.8. The zero-order valence-electron chi connectivity index (χ0n) is 16.5. The summed E-state index contributed by atoms with van der Waals surface area (Å²) in [4.78, 5) is 46.4. The van der Waals surface area contributed by atoms with E-state index in [0.29, 0.717) is 18.3 Å². The number of benzene rings is 1. The predicted molar refractivity (Wildman–Crippen MR) is 101 cm³/mol. The fraction of sp³-hybridized carbons (Fsp3) is 0.500. The third-order valence-electron chi connectivity index (χ3n) is 4.42. The standard InChI is InChI=1S/C20H23ClO8/c1-5-16-18(26-10(2)23)20(28-12(4)25)19(27-11(3)24)17(29-16)13-6-7-15(21)14(8-13)9-22/h6-9,16-20H,5H2,1-4H3/t16-,17+,18-,19+,20+/m1/s1. The monoisotopic (exact) mass is 426 g/mol. The summed E-state index contributed by atoms with van der Waals surface area (Å²) in [6.45, 7) is 5.44. The molecule has 9 heteroatoms. The highest BCUT2D eigenvalue weighted by molar-refractivity contribution is 6.32. The molecule has 1 fully saturated rings. The smallest absolute Gasteiger partial charge is 0.303 e. The molecule has 1 aliphatic rings. The minimum atomic E-state index is -1.11. The lowest BCUT2D eigenvalue weighted by Gasteiger charge is -2.44. The summed E-state index contributed by atoms with van der Waals surface area (Å²) in [7, 11) is 0. The molecule has 1 saturated heterocycles. The van der Waals surface area contributed by atoms with E-state index < -0.39 is 48.4 Å². The molecule has 1 aromatic rings. The van der Waals surface area contributed by atoms with Gasteiger partial charge >= 0.3 is 17.9 Å². The Labute approximate surface area is 173 Å². The molecular weight excluding hydrogens is 404 g/mol. The second-order valence-electron chi connectivity index (χ2n) is 6.62. The van der Waals surface area contributed by atoms with Crippen molar-refractivity contribution in [3.05, 3.63) is 34.3 Å². The molecule has 29 heavy (non-hydrogen) atoms. The molecule has 0 saturated carbocycles. The number of carbonyl (C=O) groups is 4. The molecule has 0 aromatic heterocycles. The third-order valence-corrected chi connectivity index (χ3v) is 4.76. The number of halogens is 1. The van der Waals surface area contributed by atoms with Crippen LogP contribution in [0.4, 0.5) is 0 Å². The van der Waals surface area contributed by atoms with Crippen LogP contribution in [-0.2, 0) is 33.3 Å². The minimum Gasteiger partial charge on any atom is -0.456 e. The molecule has 0 radical (unpaired) electrons. The molecule has 0 unspecified atom stereocenters. The highest BCUT2D eigenvalue weighted by Gasteiger charge is 2.51. The Morgan fingerprint density at radius 1 is 1.00 bits per heavy atom. The highest BCUT2D eigenvalue weighted by Crippen LogP contribution is 2.39. The Balaban J connectivity index is 2.56. The van der Waals surface area contributed by atoms with Crippen LogP contribution in [0.3, 0.4) is 0 Å². The van der Waals surface area contributed by atoms with Gasteiger partial charge in [0.2, 0.25) is 0 Å². The Bertz CT molecular complexity index is 793. The largest absolute Gasteiger partial charge is 0.456 e. The van der Waals surface area contributed by atoms with Crippen molar-refractivity contribution in [2.75, 3.05) is 0 Å². The van der Waals surface area contributed by atoms with Crippen molar-refractivity contribution in [1.29, 1.82) is 0 Å². The van der Waals surface area contributed by atoms with Gasteiger partial charge < -0.3 is 18.9 Å². The van der Waals surface area contributed by atoms with Crippen molar-refractivity contribution in [2.24, 2.45) is 0 Å². The van der Waals surface area contributed by atoms with Gasteiger partial charge in [-0.15, -0.1) is 0 Å². The van der Waals surface area contributed by atoms with Crippen molar-refractivity contribution in [1.82, 2.24) is 0 Å². The Morgan fingerprint density at radius 3 is 2.07 bits per heavy atom. The first-order valence-electron chi connectivity index (χ1n) is 9.09. The summed E-state index contributed by atoms with van der Waals surface area (Å²) in [6.07, 6.45) is -3.68. The predicted octanol–water partition coefficient (Wildman–Crippen LogP) is 2.80. The third kappa shape index (κ3) is 5.55. The quantitative estimate of drug-likeness (QED) is 0.388. The lowest BCUT2D eigenvalue weighted by Crippen LogP contribution is -2.58. The van der Waals surface area contributed by atoms with Gasteiger partial charge in [-0.2, -0.15) is 0 Å². The number of hydrogen-bond acceptors (Lipinski definition) is 8. The van der Waals surface area contributed by atoms with Gasteiger partial charge in [0, 0.05) is 26.3 Å². The fourth-order valence-electron chi connectivity index (χ4n) is 3.32. The normalized spacial score (nSPS) is 26.3. The first kappa shape index (κ1) is 22.8. The lowest BCUT2D eigenvalue weighted by atomic mass is 9.89. The van der Waals surface area contributed by atoms with Gasteiger partial charge in [0.1, 0.15) is 6.10 Å². The van der Waals surface area contributed by atoms with Crippen molar-refractivity contribution in [3.63, 3.8) is 0 Å². The van der Waals surface area contributed by atoms with Gasteiger partial charge in [-0.25, -0.2) is 0 Å². The molecule has 0 bridgehead atoms. The number of ether oxygens (including phenoxy) is 4. The van der Waals surface area contributed by atoms with Crippen LogP contribution in [0.15, 0.2) is 18.2 Å². The number of aldehydes is 1. The van der Waals surface area contributed by atoms with E-state index in [1.165, 1.54) is 32.9 Å². The van der Waals surface area contributed by atoms with Crippen molar-refractivity contribution >= 4 is 35.8 Å². The van der Waals surface area contributed by atoms with Crippen LogP contribution in [0.1, 0.15) is 56.1 Å². The number of esters is 3. The summed E-state index contributed by atoms with van der Waals surface area (Å²) in [6, 6.07) is 4.66. The minimum absolute atomic E-state index is 0.230. The van der Waals surface area contributed by atoms with Gasteiger partial charge in [0.15, 0.2) is 24.6 Å². The first-order valence-corrected chi connectivity index (χ1v) is 9.47. The average molecular weight is 427 g/mol. The van der Waals surface area contributed by atoms with E-state index in [0.717, 1.165) is 0 Å². The molecule has 8 nitrogen and oxygen atoms in total. The summed E-state index contributed by atoms with van der Waals surface area (Å²) in [5.74, 6) is -1.87. The maximum Gasteiger partial charge on any atom is 0.303 e. The summed E-state index contributed by atoms with van der Waals surface area (Å²) in [5, 5.41) is 0.255. The topological polar surface area (TPSA) is 105 Å². The van der Waals surface area contributed by atoms with E-state index in [9.17, 15) is 19.2 Å². The van der Waals surface area contributed by atoms with E-state index >= 15 is 0 Å². The molecular formula is C20H23ClO8. The second-order valence-corrected chi connectivity index (χ2v) is 7.03. The molecule has 5 atom stereocenters. The SMILES string of the molecule is CC[C@H]1O[C@@H](c2ccc(Cl)c(C=O)c2)[C@H](OC(C)=O)[C@@H](OC(C)=O)[C@@H]1OC(C)=O. The molecule has 0 N–H and O–H groups in total.